The van der Waals surface area contributed by atoms with Crippen molar-refractivity contribution in [2.45, 2.75) is 64.4 Å². The third kappa shape index (κ3) is 3.53. The van der Waals surface area contributed by atoms with Gasteiger partial charge in [-0.15, -0.1) is 0 Å². The number of ether oxygens (including phenoxy) is 1. The fourth-order valence-corrected chi connectivity index (χ4v) is 3.64. The van der Waals surface area contributed by atoms with E-state index >= 15 is 0 Å². The van der Waals surface area contributed by atoms with E-state index in [9.17, 15) is 4.79 Å². The molecule has 0 spiro atoms. The molecule has 2 fully saturated rings. The zero-order chi connectivity index (χ0) is 14.4. The highest BCUT2D eigenvalue weighted by molar-refractivity contribution is 5.83. The molecule has 0 bridgehead atoms. The minimum atomic E-state index is -0.300. The van der Waals surface area contributed by atoms with Crippen LogP contribution in [0.3, 0.4) is 0 Å². The normalized spacial score (nSPS) is 26.2. The van der Waals surface area contributed by atoms with Gasteiger partial charge in [0, 0.05) is 26.2 Å². The van der Waals surface area contributed by atoms with Crippen molar-refractivity contribution in [1.82, 2.24) is 4.90 Å². The second-order valence-corrected chi connectivity index (χ2v) is 6.38. The number of amides is 1. The first-order chi connectivity index (χ1) is 9.72. The molecule has 1 aliphatic carbocycles. The summed E-state index contributed by atoms with van der Waals surface area (Å²) in [5.74, 6) is 0.278. The van der Waals surface area contributed by atoms with Crippen LogP contribution in [0.25, 0.3) is 0 Å². The van der Waals surface area contributed by atoms with Crippen molar-refractivity contribution in [3.05, 3.63) is 0 Å². The number of carbonyl (C=O) groups excluding carboxylic acids is 1. The van der Waals surface area contributed by atoms with Gasteiger partial charge in [-0.3, -0.25) is 4.79 Å². The number of hydrogen-bond donors (Lipinski definition) is 1. The smallest absolute Gasteiger partial charge is 0.230 e. The molecule has 0 aromatic carbocycles. The molecule has 1 amide bonds. The maximum atomic E-state index is 13.0. The highest BCUT2D eigenvalue weighted by atomic mass is 16.5. The topological polar surface area (TPSA) is 55.6 Å². The predicted octanol–water partition coefficient (Wildman–Crippen LogP) is 2.31. The fourth-order valence-electron chi connectivity index (χ4n) is 3.64. The summed E-state index contributed by atoms with van der Waals surface area (Å²) in [4.78, 5) is 15.0. The average molecular weight is 282 g/mol. The van der Waals surface area contributed by atoms with E-state index in [1.807, 2.05) is 4.90 Å². The van der Waals surface area contributed by atoms with Crippen LogP contribution < -0.4 is 5.73 Å². The average Bonchev–Trinajstić information content (AvgIpc) is 2.86. The van der Waals surface area contributed by atoms with Crippen LogP contribution in [0, 0.1) is 5.41 Å². The number of hydrogen-bond acceptors (Lipinski definition) is 3. The number of nitrogens with two attached hydrogens (primary N) is 1. The van der Waals surface area contributed by atoms with Crippen molar-refractivity contribution in [2.75, 3.05) is 26.2 Å². The molecule has 1 saturated carbocycles. The van der Waals surface area contributed by atoms with Crippen LogP contribution in [0.15, 0.2) is 0 Å². The summed E-state index contributed by atoms with van der Waals surface area (Å²) in [6, 6.07) is 0. The van der Waals surface area contributed by atoms with E-state index in [2.05, 4.69) is 6.92 Å². The Hall–Kier alpha value is -0.610. The van der Waals surface area contributed by atoms with Crippen molar-refractivity contribution < 1.29 is 9.53 Å². The lowest BCUT2D eigenvalue weighted by Gasteiger charge is -2.36. The molecule has 1 unspecified atom stereocenters. The van der Waals surface area contributed by atoms with Gasteiger partial charge in [-0.2, -0.15) is 0 Å². The van der Waals surface area contributed by atoms with Crippen molar-refractivity contribution in [2.24, 2.45) is 11.1 Å². The van der Waals surface area contributed by atoms with Crippen molar-refractivity contribution in [1.29, 1.82) is 0 Å². The molecule has 116 valence electrons. The SMILES string of the molecule is CCN(CC1CCCO1)C(=O)C1(CN)CCCCCC1. The molecule has 2 N–H and O–H groups in total. The van der Waals surface area contributed by atoms with E-state index in [0.29, 0.717) is 6.54 Å². The van der Waals surface area contributed by atoms with Gasteiger partial charge in [0.05, 0.1) is 11.5 Å². The van der Waals surface area contributed by atoms with Crippen LogP contribution in [0.2, 0.25) is 0 Å². The zero-order valence-electron chi connectivity index (χ0n) is 12.9. The molecule has 1 saturated heterocycles. The largest absolute Gasteiger partial charge is 0.376 e. The summed E-state index contributed by atoms with van der Waals surface area (Å²) in [6.45, 7) is 4.91. The first-order valence-electron chi connectivity index (χ1n) is 8.33. The van der Waals surface area contributed by atoms with E-state index in [1.54, 1.807) is 0 Å². The molecule has 0 aromatic rings. The minimum absolute atomic E-state index is 0.236. The van der Waals surface area contributed by atoms with E-state index < -0.39 is 0 Å². The zero-order valence-corrected chi connectivity index (χ0v) is 12.9. The van der Waals surface area contributed by atoms with Gasteiger partial charge in [-0.1, -0.05) is 25.7 Å². The van der Waals surface area contributed by atoms with Gasteiger partial charge in [-0.25, -0.2) is 0 Å². The van der Waals surface area contributed by atoms with Gasteiger partial charge in [0.1, 0.15) is 0 Å². The Bertz CT molecular complexity index is 306. The summed E-state index contributed by atoms with van der Waals surface area (Å²) in [7, 11) is 0. The molecule has 4 nitrogen and oxygen atoms in total. The Morgan fingerprint density at radius 2 is 1.95 bits per heavy atom. The summed E-state index contributed by atoms with van der Waals surface area (Å²) in [5, 5.41) is 0. The summed E-state index contributed by atoms with van der Waals surface area (Å²) in [6.07, 6.45) is 9.13. The molecular formula is C16H30N2O2. The van der Waals surface area contributed by atoms with Gasteiger partial charge in [0.2, 0.25) is 5.91 Å². The fraction of sp³-hybridized carbons (Fsp3) is 0.938. The van der Waals surface area contributed by atoms with Crippen LogP contribution in [-0.2, 0) is 9.53 Å². The molecule has 20 heavy (non-hydrogen) atoms. The second kappa shape index (κ2) is 7.41. The van der Waals surface area contributed by atoms with Crippen molar-refractivity contribution in [3.8, 4) is 0 Å². The van der Waals surface area contributed by atoms with Crippen LogP contribution >= 0.6 is 0 Å². The number of rotatable bonds is 5. The maximum Gasteiger partial charge on any atom is 0.230 e. The summed E-state index contributed by atoms with van der Waals surface area (Å²) < 4.78 is 5.69. The standard InChI is InChI=1S/C16H30N2O2/c1-2-18(12-14-8-7-11-20-14)15(19)16(13-17)9-5-3-4-6-10-16/h14H,2-13,17H2,1H3. The Morgan fingerprint density at radius 3 is 2.45 bits per heavy atom. The van der Waals surface area contributed by atoms with Crippen LogP contribution in [0.5, 0.6) is 0 Å². The quantitative estimate of drug-likeness (QED) is 0.787. The van der Waals surface area contributed by atoms with Gasteiger partial charge in [0.15, 0.2) is 0 Å². The van der Waals surface area contributed by atoms with Crippen molar-refractivity contribution in [3.63, 3.8) is 0 Å². The first kappa shape index (κ1) is 15.8. The maximum absolute atomic E-state index is 13.0. The van der Waals surface area contributed by atoms with E-state index in [1.165, 1.54) is 12.8 Å². The van der Waals surface area contributed by atoms with E-state index in [0.717, 1.165) is 58.2 Å². The third-order valence-electron chi connectivity index (χ3n) is 5.02. The number of nitrogens with zero attached hydrogens (tertiary/aromatic N) is 1. The molecule has 2 aliphatic rings. The predicted molar refractivity (Wildman–Crippen MR) is 80.4 cm³/mol. The van der Waals surface area contributed by atoms with Gasteiger partial charge in [-0.05, 0) is 32.6 Å². The molecule has 0 aromatic heterocycles. The first-order valence-corrected chi connectivity index (χ1v) is 8.33. The Labute approximate surface area is 123 Å². The molecule has 4 heteroatoms. The van der Waals surface area contributed by atoms with Gasteiger partial charge < -0.3 is 15.4 Å². The lowest BCUT2D eigenvalue weighted by atomic mass is 9.79. The highest BCUT2D eigenvalue weighted by Gasteiger charge is 2.40. The monoisotopic (exact) mass is 282 g/mol. The van der Waals surface area contributed by atoms with Gasteiger partial charge in [0.25, 0.3) is 0 Å². The summed E-state index contributed by atoms with van der Waals surface area (Å²) >= 11 is 0. The second-order valence-electron chi connectivity index (χ2n) is 6.38. The minimum Gasteiger partial charge on any atom is -0.376 e. The van der Waals surface area contributed by atoms with E-state index in [4.69, 9.17) is 10.5 Å². The Kier molecular flexibility index (Phi) is 5.85. The van der Waals surface area contributed by atoms with Crippen LogP contribution in [-0.4, -0.2) is 43.2 Å². The van der Waals surface area contributed by atoms with Crippen LogP contribution in [0.1, 0.15) is 58.3 Å². The van der Waals surface area contributed by atoms with Crippen molar-refractivity contribution >= 4 is 5.91 Å². The van der Waals surface area contributed by atoms with E-state index in [-0.39, 0.29) is 17.4 Å². The molecule has 2 rings (SSSR count). The lowest BCUT2D eigenvalue weighted by molar-refractivity contribution is -0.144. The van der Waals surface area contributed by atoms with Crippen LogP contribution in [0.4, 0.5) is 0 Å². The Morgan fingerprint density at radius 1 is 1.25 bits per heavy atom. The van der Waals surface area contributed by atoms with Gasteiger partial charge >= 0.3 is 0 Å². The highest BCUT2D eigenvalue weighted by Crippen LogP contribution is 2.36. The molecule has 0 radical (unpaired) electrons. The summed E-state index contributed by atoms with van der Waals surface area (Å²) in [5.41, 5.74) is 5.73. The number of likely N-dealkylation sites (N-methyl/N-ethyl adjacent to an activating group) is 1. The molecular weight excluding hydrogens is 252 g/mol. The Balaban J connectivity index is 2.03. The number of carbonyl (C=O) groups is 1. The molecule has 1 atom stereocenters. The molecule has 1 aliphatic heterocycles. The third-order valence-corrected chi connectivity index (χ3v) is 5.02. The lowest BCUT2D eigenvalue weighted by Crippen LogP contribution is -2.49. The molecule has 1 heterocycles.